The average Bonchev–Trinajstić information content (AvgIpc) is 1.36. The Bertz CT molecular complexity index is 2400. The van der Waals surface area contributed by atoms with Gasteiger partial charge in [0.2, 0.25) is 0 Å². The SMILES string of the molecule is CC/C=C\C/C=C\C/C=C\C/C=C\C/C=C\CCCC(=O)OC(COC(=O)CCCCCCCC/C=C\C/C=C\C/C=C\C/C=C\CC)COP(=O)(O)OCC(O)COP(=O)(O)OCC(O)COC(=O)CCCCCCCCCCC/C=C\C/C=C\C/C=C\C/C=C\CCCCC. The van der Waals surface area contributed by atoms with Crippen LogP contribution in [0.25, 0.3) is 0 Å². The Labute approximate surface area is 587 Å². The standard InChI is InChI=1S/C79H130O16P2/c1-4-7-10-13-16-19-22-25-28-31-33-34-35-36-37-38-40-43-44-47-50-53-56-59-62-65-77(82)89-68-74(80)69-91-96(85,86)92-70-75(81)71-93-97(87,88)94-73-76(95-79(84)67-64-61-58-55-52-49-46-41-30-27-24-21-18-15-12-9-6-3)72-90-78(83)66-63-60-57-54-51-48-45-42-39-32-29-26-23-20-17-14-11-8-5-2/h8-9,11-12,16-21,25-30,33-34,36-37,39,42,46,49,55,58,74-76,80-81H,4-7,10,13-15,22-24,31-32,35,38,40-41,43-45,47-48,50-54,56-57,59-73H2,1-3H3,(H,85,86)(H,87,88)/b11-8-,12-9-,19-16-,20-17-,21-18-,28-25-,29-26-,30-27-,34-33-,37-36-,42-39-,49-46-,58-55-. The molecule has 0 saturated heterocycles. The van der Waals surface area contributed by atoms with Gasteiger partial charge in [0.15, 0.2) is 6.10 Å². The minimum atomic E-state index is -4.95. The molecular weight excluding hydrogens is 1270 g/mol. The van der Waals surface area contributed by atoms with Crippen LogP contribution in [-0.2, 0) is 55.8 Å². The number of unbranched alkanes of at least 4 members (excludes halogenated alkanes) is 19. The molecule has 0 rings (SSSR count). The number of rotatable bonds is 68. The van der Waals surface area contributed by atoms with E-state index in [0.717, 1.165) is 148 Å². The molecule has 0 fully saturated rings. The molecule has 97 heavy (non-hydrogen) atoms. The quantitative estimate of drug-likeness (QED) is 0.0146. The second kappa shape index (κ2) is 71.0. The van der Waals surface area contributed by atoms with Gasteiger partial charge in [-0.15, -0.1) is 0 Å². The van der Waals surface area contributed by atoms with Crippen LogP contribution >= 0.6 is 15.6 Å². The van der Waals surface area contributed by atoms with Gasteiger partial charge in [-0.05, 0) is 141 Å². The Kier molecular flexibility index (Phi) is 67.5. The van der Waals surface area contributed by atoms with E-state index in [-0.39, 0.29) is 19.3 Å². The van der Waals surface area contributed by atoms with Crippen LogP contribution in [-0.4, -0.2) is 95.9 Å². The number of carbonyl (C=O) groups is 3. The molecule has 0 heterocycles. The van der Waals surface area contributed by atoms with E-state index in [4.69, 9.17) is 32.3 Å². The van der Waals surface area contributed by atoms with Crippen molar-refractivity contribution < 1.29 is 75.8 Å². The predicted octanol–water partition coefficient (Wildman–Crippen LogP) is 21.1. The van der Waals surface area contributed by atoms with Gasteiger partial charge in [-0.3, -0.25) is 32.5 Å². The van der Waals surface area contributed by atoms with Crippen molar-refractivity contribution in [3.05, 3.63) is 158 Å². The highest BCUT2D eigenvalue weighted by Crippen LogP contribution is 2.45. The molecule has 0 aliphatic rings. The molecule has 16 nitrogen and oxygen atoms in total. The average molecular weight is 1400 g/mol. The third kappa shape index (κ3) is 72.2. The molecule has 0 bridgehead atoms. The third-order valence-corrected chi connectivity index (χ3v) is 16.6. The van der Waals surface area contributed by atoms with Crippen molar-refractivity contribution >= 4 is 33.6 Å². The first-order chi connectivity index (χ1) is 47.2. The molecule has 0 aliphatic heterocycles. The van der Waals surface area contributed by atoms with Crippen molar-refractivity contribution in [3.8, 4) is 0 Å². The summed E-state index contributed by atoms with van der Waals surface area (Å²) in [5.41, 5.74) is 0. The molecule has 0 aromatic heterocycles. The molecule has 18 heteroatoms. The molecule has 552 valence electrons. The summed E-state index contributed by atoms with van der Waals surface area (Å²) in [5, 5.41) is 20.6. The summed E-state index contributed by atoms with van der Waals surface area (Å²) >= 11 is 0. The highest BCUT2D eigenvalue weighted by molar-refractivity contribution is 7.47. The molecule has 0 radical (unpaired) electrons. The molecule has 0 aliphatic carbocycles. The summed E-state index contributed by atoms with van der Waals surface area (Å²) in [6.07, 6.45) is 87.2. The van der Waals surface area contributed by atoms with E-state index >= 15 is 0 Å². The van der Waals surface area contributed by atoms with Gasteiger partial charge in [-0.25, -0.2) is 9.13 Å². The summed E-state index contributed by atoms with van der Waals surface area (Å²) in [6, 6.07) is 0. The maximum absolute atomic E-state index is 12.9. The lowest BCUT2D eigenvalue weighted by atomic mass is 10.1. The largest absolute Gasteiger partial charge is 0.472 e. The molecule has 0 aromatic carbocycles. The number of allylic oxidation sites excluding steroid dienone is 26. The highest BCUT2D eigenvalue weighted by Gasteiger charge is 2.29. The van der Waals surface area contributed by atoms with Crippen LogP contribution in [0.2, 0.25) is 0 Å². The molecule has 0 spiro atoms. The van der Waals surface area contributed by atoms with E-state index in [1.54, 1.807) is 0 Å². The predicted molar refractivity (Wildman–Crippen MR) is 399 cm³/mol. The van der Waals surface area contributed by atoms with Crippen molar-refractivity contribution in [2.45, 2.75) is 283 Å². The zero-order valence-corrected chi connectivity index (χ0v) is 61.7. The van der Waals surface area contributed by atoms with Crippen LogP contribution in [0.3, 0.4) is 0 Å². The summed E-state index contributed by atoms with van der Waals surface area (Å²) < 4.78 is 60.9. The van der Waals surface area contributed by atoms with Crippen LogP contribution in [0.4, 0.5) is 0 Å². The number of aliphatic hydroxyl groups excluding tert-OH is 2. The van der Waals surface area contributed by atoms with Gasteiger partial charge in [0.05, 0.1) is 26.4 Å². The Hall–Kier alpha value is -4.83. The fraction of sp³-hybridized carbons (Fsp3) is 0.633. The lowest BCUT2D eigenvalue weighted by Crippen LogP contribution is -2.30. The van der Waals surface area contributed by atoms with Gasteiger partial charge >= 0.3 is 33.6 Å². The summed E-state index contributed by atoms with van der Waals surface area (Å²) in [5.74, 6) is -1.68. The molecule has 0 aromatic rings. The van der Waals surface area contributed by atoms with E-state index in [0.29, 0.717) is 25.7 Å². The number of aliphatic hydroxyl groups is 2. The van der Waals surface area contributed by atoms with Crippen LogP contribution in [0, 0.1) is 0 Å². The normalized spacial score (nSPS) is 15.0. The minimum Gasteiger partial charge on any atom is -0.463 e. The first-order valence-electron chi connectivity index (χ1n) is 36.8. The van der Waals surface area contributed by atoms with E-state index < -0.39 is 91.5 Å². The Morgan fingerprint density at radius 2 is 0.557 bits per heavy atom. The number of hydrogen-bond donors (Lipinski definition) is 4. The Morgan fingerprint density at radius 1 is 0.299 bits per heavy atom. The van der Waals surface area contributed by atoms with E-state index in [9.17, 15) is 43.5 Å². The molecule has 5 unspecified atom stereocenters. The topological polar surface area (TPSA) is 231 Å². The monoisotopic (exact) mass is 1400 g/mol. The number of phosphoric acid groups is 2. The van der Waals surface area contributed by atoms with E-state index in [2.05, 4.69) is 167 Å². The van der Waals surface area contributed by atoms with Crippen molar-refractivity contribution in [3.63, 3.8) is 0 Å². The number of ether oxygens (including phenoxy) is 3. The Morgan fingerprint density at radius 3 is 0.897 bits per heavy atom. The molecule has 4 N–H and O–H groups in total. The maximum atomic E-state index is 12.9. The van der Waals surface area contributed by atoms with Gasteiger partial charge in [-0.2, -0.15) is 0 Å². The van der Waals surface area contributed by atoms with E-state index in [1.807, 2.05) is 12.2 Å². The summed E-state index contributed by atoms with van der Waals surface area (Å²) in [4.78, 5) is 58.5. The van der Waals surface area contributed by atoms with Crippen molar-refractivity contribution in [2.75, 3.05) is 39.6 Å². The lowest BCUT2D eigenvalue weighted by molar-refractivity contribution is -0.161. The summed E-state index contributed by atoms with van der Waals surface area (Å²) in [7, 11) is -9.82. The van der Waals surface area contributed by atoms with Gasteiger partial charge < -0.3 is 34.2 Å². The molecule has 5 atom stereocenters. The van der Waals surface area contributed by atoms with Crippen molar-refractivity contribution in [1.82, 2.24) is 0 Å². The van der Waals surface area contributed by atoms with Gasteiger partial charge in [0.1, 0.15) is 25.4 Å². The van der Waals surface area contributed by atoms with Crippen molar-refractivity contribution in [2.24, 2.45) is 0 Å². The fourth-order valence-electron chi connectivity index (χ4n) is 9.17. The highest BCUT2D eigenvalue weighted by atomic mass is 31.2. The van der Waals surface area contributed by atoms with Crippen LogP contribution in [0.1, 0.15) is 265 Å². The molecule has 0 amide bonds. The van der Waals surface area contributed by atoms with Gasteiger partial charge in [-0.1, -0.05) is 262 Å². The maximum Gasteiger partial charge on any atom is 0.472 e. The first-order valence-corrected chi connectivity index (χ1v) is 39.8. The van der Waals surface area contributed by atoms with Gasteiger partial charge in [0, 0.05) is 19.3 Å². The minimum absolute atomic E-state index is 0.0169. The van der Waals surface area contributed by atoms with Crippen LogP contribution < -0.4 is 0 Å². The number of phosphoric ester groups is 2. The van der Waals surface area contributed by atoms with E-state index in [1.165, 1.54) is 51.4 Å². The fourth-order valence-corrected chi connectivity index (χ4v) is 10.8. The lowest BCUT2D eigenvalue weighted by Gasteiger charge is -2.21. The summed E-state index contributed by atoms with van der Waals surface area (Å²) in [6.45, 7) is 2.31. The second-order valence-corrected chi connectivity index (χ2v) is 26.9. The zero-order valence-electron chi connectivity index (χ0n) is 59.9. The van der Waals surface area contributed by atoms with Crippen molar-refractivity contribution in [1.29, 1.82) is 0 Å². The van der Waals surface area contributed by atoms with Crippen LogP contribution in [0.5, 0.6) is 0 Å². The molecular formula is C79H130O16P2. The third-order valence-electron chi connectivity index (χ3n) is 14.7. The first kappa shape index (κ1) is 92.2. The van der Waals surface area contributed by atoms with Crippen LogP contribution in [0.15, 0.2) is 158 Å². The number of esters is 3. The second-order valence-electron chi connectivity index (χ2n) is 24.0. The number of carbonyl (C=O) groups excluding carboxylic acids is 3. The molecule has 0 saturated carbocycles. The smallest absolute Gasteiger partial charge is 0.463 e. The Balaban J connectivity index is 4.69. The number of hydrogen-bond acceptors (Lipinski definition) is 14. The zero-order chi connectivity index (χ0) is 70.9. The van der Waals surface area contributed by atoms with Gasteiger partial charge in [0.25, 0.3) is 0 Å².